The minimum absolute atomic E-state index is 0.00284. The number of hydrogen-bond acceptors (Lipinski definition) is 9. The van der Waals surface area contributed by atoms with Crippen LogP contribution in [0.25, 0.3) is 5.52 Å². The second-order valence-corrected chi connectivity index (χ2v) is 8.65. The largest absolute Gasteiger partial charge is 0.475 e. The van der Waals surface area contributed by atoms with E-state index >= 15 is 0 Å². The highest BCUT2D eigenvalue weighted by molar-refractivity contribution is 7.48. The predicted octanol–water partition coefficient (Wildman–Crippen LogP) is 2.23. The van der Waals surface area contributed by atoms with E-state index in [0.29, 0.717) is 17.0 Å². The SMILES string of the molecule is CC(C)OP1(=O)OC[C@H]2O[C@@H](c3ccc4c(N)ncnn34)[C@](C)(C#N)[C@@H]2O1. The molecule has 2 aliphatic rings. The van der Waals surface area contributed by atoms with E-state index in [0.717, 1.165) is 0 Å². The molecule has 0 radical (unpaired) electrons. The van der Waals surface area contributed by atoms with Gasteiger partial charge < -0.3 is 10.5 Å². The first kappa shape index (κ1) is 18.3. The van der Waals surface area contributed by atoms with E-state index in [1.54, 1.807) is 37.4 Å². The highest BCUT2D eigenvalue weighted by Gasteiger charge is 2.61. The van der Waals surface area contributed by atoms with E-state index in [2.05, 4.69) is 16.2 Å². The van der Waals surface area contributed by atoms with E-state index in [-0.39, 0.29) is 12.7 Å². The van der Waals surface area contributed by atoms with Gasteiger partial charge >= 0.3 is 7.82 Å². The van der Waals surface area contributed by atoms with Crippen LogP contribution in [0.4, 0.5) is 5.82 Å². The average molecular weight is 393 g/mol. The van der Waals surface area contributed by atoms with Crippen LogP contribution in [0, 0.1) is 16.7 Å². The Labute approximate surface area is 155 Å². The zero-order valence-corrected chi connectivity index (χ0v) is 16.0. The number of fused-ring (bicyclic) bond motifs is 2. The van der Waals surface area contributed by atoms with Gasteiger partial charge in [0.2, 0.25) is 0 Å². The first-order chi connectivity index (χ1) is 12.8. The number of nitriles is 1. The lowest BCUT2D eigenvalue weighted by atomic mass is 9.79. The lowest BCUT2D eigenvalue weighted by molar-refractivity contribution is -0.0640. The predicted molar refractivity (Wildman–Crippen MR) is 93.4 cm³/mol. The normalized spacial score (nSPS) is 36.0. The van der Waals surface area contributed by atoms with Crippen molar-refractivity contribution < 1.29 is 22.9 Å². The summed E-state index contributed by atoms with van der Waals surface area (Å²) in [6.45, 7) is 5.17. The van der Waals surface area contributed by atoms with E-state index in [4.69, 9.17) is 24.0 Å². The van der Waals surface area contributed by atoms with Crippen LogP contribution in [0.3, 0.4) is 0 Å². The van der Waals surface area contributed by atoms with Gasteiger partial charge in [0.1, 0.15) is 35.6 Å². The van der Waals surface area contributed by atoms with Crippen molar-refractivity contribution in [3.8, 4) is 6.07 Å². The highest BCUT2D eigenvalue weighted by Crippen LogP contribution is 2.62. The molecule has 10 nitrogen and oxygen atoms in total. The van der Waals surface area contributed by atoms with Gasteiger partial charge in [-0.1, -0.05) is 0 Å². The number of phosphoric ester groups is 1. The minimum atomic E-state index is -3.78. The molecule has 0 amide bonds. The molecule has 0 aliphatic carbocycles. The molecular formula is C16H20N5O5P. The number of nitrogens with two attached hydrogens (primary N) is 1. The van der Waals surface area contributed by atoms with Gasteiger partial charge in [0, 0.05) is 0 Å². The molecule has 4 heterocycles. The minimum Gasteiger partial charge on any atom is -0.382 e. The molecule has 2 saturated heterocycles. The Morgan fingerprint density at radius 1 is 1.52 bits per heavy atom. The van der Waals surface area contributed by atoms with Crippen LogP contribution < -0.4 is 5.73 Å². The van der Waals surface area contributed by atoms with Crippen LogP contribution in [0.15, 0.2) is 18.5 Å². The van der Waals surface area contributed by atoms with Crippen LogP contribution in [0.2, 0.25) is 0 Å². The molecule has 144 valence electrons. The number of phosphoric acid groups is 1. The summed E-state index contributed by atoms with van der Waals surface area (Å²) in [5.41, 5.74) is 5.99. The molecule has 2 aromatic rings. The Hall–Kier alpha value is -2.02. The molecular weight excluding hydrogens is 373 g/mol. The quantitative estimate of drug-likeness (QED) is 0.779. The maximum Gasteiger partial charge on any atom is 0.475 e. The van der Waals surface area contributed by atoms with Crippen LogP contribution in [0.1, 0.15) is 32.6 Å². The number of ether oxygens (including phenoxy) is 1. The topological polar surface area (TPSA) is 134 Å². The molecule has 1 unspecified atom stereocenters. The van der Waals surface area contributed by atoms with E-state index in [1.807, 2.05) is 0 Å². The molecule has 0 spiro atoms. The fourth-order valence-corrected chi connectivity index (χ4v) is 5.20. The van der Waals surface area contributed by atoms with Crippen molar-refractivity contribution in [1.82, 2.24) is 14.6 Å². The smallest absolute Gasteiger partial charge is 0.382 e. The van der Waals surface area contributed by atoms with Gasteiger partial charge in [-0.25, -0.2) is 14.1 Å². The van der Waals surface area contributed by atoms with Crippen LogP contribution in [-0.2, 0) is 22.9 Å². The van der Waals surface area contributed by atoms with Gasteiger partial charge in [0.15, 0.2) is 5.82 Å². The Kier molecular flexibility index (Phi) is 4.25. The van der Waals surface area contributed by atoms with E-state index in [1.165, 1.54) is 6.33 Å². The first-order valence-electron chi connectivity index (χ1n) is 8.53. The summed E-state index contributed by atoms with van der Waals surface area (Å²) in [4.78, 5) is 3.96. The fourth-order valence-electron chi connectivity index (χ4n) is 3.55. The Morgan fingerprint density at radius 2 is 2.30 bits per heavy atom. The Balaban J connectivity index is 1.73. The fraction of sp³-hybridized carbons (Fsp3) is 0.562. The second kappa shape index (κ2) is 6.26. The van der Waals surface area contributed by atoms with E-state index < -0.39 is 31.5 Å². The number of rotatable bonds is 3. The number of nitrogen functional groups attached to an aromatic ring is 1. The van der Waals surface area contributed by atoms with Gasteiger partial charge in [-0.05, 0) is 32.9 Å². The monoisotopic (exact) mass is 393 g/mol. The van der Waals surface area contributed by atoms with Crippen molar-refractivity contribution in [1.29, 1.82) is 5.26 Å². The third-order valence-electron chi connectivity index (χ3n) is 4.78. The average Bonchev–Trinajstić information content (AvgIpc) is 3.15. The second-order valence-electron chi connectivity index (χ2n) is 7.07. The number of hydrogen-bond donors (Lipinski definition) is 1. The summed E-state index contributed by atoms with van der Waals surface area (Å²) in [6, 6.07) is 5.82. The lowest BCUT2D eigenvalue weighted by Gasteiger charge is -2.34. The molecule has 2 aromatic heterocycles. The van der Waals surface area contributed by atoms with Crippen LogP contribution in [-0.4, -0.2) is 39.5 Å². The molecule has 11 heteroatoms. The molecule has 4 rings (SSSR count). The lowest BCUT2D eigenvalue weighted by Crippen LogP contribution is -2.42. The standard InChI is InChI=1S/C16H20N5O5P/c1-9(2)25-27(22)23-6-12-14(26-27)16(3,7-17)13(24-12)10-4-5-11-15(18)19-8-20-21(10)11/h4-5,8-9,12-14H,6H2,1-3H3,(H2,18,19,20)/t12-,13+,14-,16+,27?/m1/s1. The zero-order valence-electron chi connectivity index (χ0n) is 15.1. The maximum atomic E-state index is 12.8. The summed E-state index contributed by atoms with van der Waals surface area (Å²) in [6.07, 6.45) is -1.06. The van der Waals surface area contributed by atoms with Crippen molar-refractivity contribution in [2.24, 2.45) is 5.41 Å². The van der Waals surface area contributed by atoms with Gasteiger partial charge in [0.25, 0.3) is 0 Å². The van der Waals surface area contributed by atoms with Crippen molar-refractivity contribution in [2.45, 2.75) is 45.2 Å². The summed E-state index contributed by atoms with van der Waals surface area (Å²) >= 11 is 0. The summed E-state index contributed by atoms with van der Waals surface area (Å²) < 4.78 is 36.8. The van der Waals surface area contributed by atoms with Crippen molar-refractivity contribution >= 4 is 19.2 Å². The Bertz CT molecular complexity index is 972. The molecule has 2 N–H and O–H groups in total. The maximum absolute atomic E-state index is 12.8. The molecule has 0 bridgehead atoms. The molecule has 27 heavy (non-hydrogen) atoms. The first-order valence-corrected chi connectivity index (χ1v) is 9.99. The van der Waals surface area contributed by atoms with E-state index in [9.17, 15) is 9.83 Å². The summed E-state index contributed by atoms with van der Waals surface area (Å²) in [5, 5.41) is 14.2. The molecule has 2 fully saturated rings. The third kappa shape index (κ3) is 2.83. The molecule has 2 aliphatic heterocycles. The van der Waals surface area contributed by atoms with Gasteiger partial charge in [-0.15, -0.1) is 0 Å². The van der Waals surface area contributed by atoms with Crippen molar-refractivity contribution in [3.63, 3.8) is 0 Å². The highest BCUT2D eigenvalue weighted by atomic mass is 31.2. The number of aromatic nitrogens is 3. The van der Waals surface area contributed by atoms with Crippen LogP contribution in [0.5, 0.6) is 0 Å². The molecule has 0 aromatic carbocycles. The number of nitrogens with zero attached hydrogens (tertiary/aromatic N) is 4. The van der Waals surface area contributed by atoms with Crippen LogP contribution >= 0.6 is 7.82 Å². The Morgan fingerprint density at radius 3 is 3.00 bits per heavy atom. The van der Waals surface area contributed by atoms with Crippen molar-refractivity contribution in [2.75, 3.05) is 12.3 Å². The van der Waals surface area contributed by atoms with Crippen molar-refractivity contribution in [3.05, 3.63) is 24.2 Å². The van der Waals surface area contributed by atoms with Gasteiger partial charge in [-0.2, -0.15) is 10.4 Å². The van der Waals surface area contributed by atoms with Gasteiger partial charge in [0.05, 0.1) is 24.5 Å². The molecule has 5 atom stereocenters. The third-order valence-corrected chi connectivity index (χ3v) is 6.41. The summed E-state index contributed by atoms with van der Waals surface area (Å²) in [7, 11) is -3.78. The zero-order chi connectivity index (χ0) is 19.4. The number of anilines is 1. The molecule has 0 saturated carbocycles. The van der Waals surface area contributed by atoms with Gasteiger partial charge in [-0.3, -0.25) is 13.6 Å². The summed E-state index contributed by atoms with van der Waals surface area (Å²) in [5.74, 6) is 0.319.